The van der Waals surface area contributed by atoms with E-state index in [1.165, 1.54) is 24.4 Å². The fraction of sp³-hybridized carbons (Fsp3) is 0.524. The molecule has 1 aromatic carbocycles. The summed E-state index contributed by atoms with van der Waals surface area (Å²) in [5, 5.41) is 7.09. The quantitative estimate of drug-likeness (QED) is 0.702. The molecule has 2 aliphatic heterocycles. The second kappa shape index (κ2) is 10.3. The number of carbonyl (C=O) groups is 1. The lowest BCUT2D eigenvalue weighted by Crippen LogP contribution is -2.52. The third-order valence-corrected chi connectivity index (χ3v) is 7.30. The highest BCUT2D eigenvalue weighted by Crippen LogP contribution is 2.25. The first-order valence-electron chi connectivity index (χ1n) is 10.4. The normalized spacial score (nSPS) is 21.0. The van der Waals surface area contributed by atoms with E-state index in [1.54, 1.807) is 29.5 Å². The van der Waals surface area contributed by atoms with Crippen LogP contribution in [0.4, 0.5) is 10.5 Å². The Bertz CT molecular complexity index is 842. The van der Waals surface area contributed by atoms with Gasteiger partial charge in [0.2, 0.25) is 0 Å². The van der Waals surface area contributed by atoms with Gasteiger partial charge in [0.1, 0.15) is 5.01 Å². The first-order chi connectivity index (χ1) is 14.6. The van der Waals surface area contributed by atoms with Crippen LogP contribution in [0.5, 0.6) is 0 Å². The van der Waals surface area contributed by atoms with Crippen LogP contribution in [0.1, 0.15) is 17.8 Å². The van der Waals surface area contributed by atoms with Crippen molar-refractivity contribution in [3.8, 4) is 0 Å². The number of hydrogen-bond acceptors (Lipinski definition) is 5. The fourth-order valence-electron chi connectivity index (χ4n) is 4.24. The molecule has 9 heteroatoms. The van der Waals surface area contributed by atoms with Crippen LogP contribution < -0.4 is 5.32 Å². The zero-order chi connectivity index (χ0) is 20.9. The van der Waals surface area contributed by atoms with Gasteiger partial charge in [-0.1, -0.05) is 23.2 Å². The van der Waals surface area contributed by atoms with Crippen molar-refractivity contribution in [2.45, 2.75) is 19.4 Å². The number of thiazole rings is 1. The SMILES string of the molecule is O=C(Nc1ccc(Cl)c(Cl)c1)N1CCN(C[C@@H]2CCCN(Cc3nccs3)C2)CC1. The lowest BCUT2D eigenvalue weighted by Gasteiger charge is -2.39. The molecule has 30 heavy (non-hydrogen) atoms. The van der Waals surface area contributed by atoms with Crippen LogP contribution in [0.25, 0.3) is 0 Å². The van der Waals surface area contributed by atoms with Gasteiger partial charge in [0.15, 0.2) is 0 Å². The number of rotatable bonds is 5. The van der Waals surface area contributed by atoms with Crippen LogP contribution in [0.3, 0.4) is 0 Å². The molecule has 2 aromatic rings. The van der Waals surface area contributed by atoms with Gasteiger partial charge in [-0.15, -0.1) is 11.3 Å². The summed E-state index contributed by atoms with van der Waals surface area (Å²) in [5.74, 6) is 0.690. The van der Waals surface area contributed by atoms with E-state index >= 15 is 0 Å². The Morgan fingerprint density at radius 2 is 1.97 bits per heavy atom. The molecule has 2 fully saturated rings. The second-order valence-electron chi connectivity index (χ2n) is 8.02. The van der Waals surface area contributed by atoms with Crippen molar-refractivity contribution in [2.24, 2.45) is 5.92 Å². The molecule has 162 valence electrons. The van der Waals surface area contributed by atoms with Crippen molar-refractivity contribution in [3.05, 3.63) is 44.8 Å². The van der Waals surface area contributed by atoms with Crippen molar-refractivity contribution in [1.82, 2.24) is 19.7 Å². The number of anilines is 1. The molecule has 0 unspecified atom stereocenters. The van der Waals surface area contributed by atoms with E-state index in [9.17, 15) is 4.79 Å². The zero-order valence-corrected chi connectivity index (χ0v) is 19.2. The van der Waals surface area contributed by atoms with Gasteiger partial charge in [0, 0.05) is 56.5 Å². The minimum absolute atomic E-state index is 0.0830. The first-order valence-corrected chi connectivity index (χ1v) is 12.0. The molecule has 1 aromatic heterocycles. The highest BCUT2D eigenvalue weighted by Gasteiger charge is 2.26. The number of likely N-dealkylation sites (tertiary alicyclic amines) is 1. The summed E-state index contributed by atoms with van der Waals surface area (Å²) in [5.41, 5.74) is 0.666. The van der Waals surface area contributed by atoms with E-state index in [2.05, 4.69) is 20.1 Å². The Morgan fingerprint density at radius 1 is 1.13 bits per heavy atom. The Morgan fingerprint density at radius 3 is 2.70 bits per heavy atom. The van der Waals surface area contributed by atoms with Crippen molar-refractivity contribution >= 4 is 46.3 Å². The van der Waals surface area contributed by atoms with Gasteiger partial charge in [0.25, 0.3) is 0 Å². The number of halogens is 2. The van der Waals surface area contributed by atoms with Crippen LogP contribution >= 0.6 is 34.5 Å². The number of urea groups is 1. The predicted molar refractivity (Wildman–Crippen MR) is 124 cm³/mol. The van der Waals surface area contributed by atoms with Crippen LogP contribution in [-0.2, 0) is 6.54 Å². The zero-order valence-electron chi connectivity index (χ0n) is 16.9. The second-order valence-corrected chi connectivity index (χ2v) is 9.81. The maximum absolute atomic E-state index is 12.6. The molecule has 6 nitrogen and oxygen atoms in total. The Labute approximate surface area is 191 Å². The summed E-state index contributed by atoms with van der Waals surface area (Å²) >= 11 is 13.7. The summed E-state index contributed by atoms with van der Waals surface area (Å²) in [6.45, 7) is 7.69. The number of piperazine rings is 1. The molecule has 0 saturated carbocycles. The summed E-state index contributed by atoms with van der Waals surface area (Å²) in [6.07, 6.45) is 4.42. The van der Waals surface area contributed by atoms with E-state index in [0.717, 1.165) is 45.8 Å². The molecule has 1 N–H and O–H groups in total. The number of aromatic nitrogens is 1. The smallest absolute Gasteiger partial charge is 0.321 e. The van der Waals surface area contributed by atoms with Gasteiger partial charge in [-0.2, -0.15) is 0 Å². The number of amides is 2. The Balaban J connectivity index is 1.21. The van der Waals surface area contributed by atoms with Gasteiger partial charge < -0.3 is 10.2 Å². The highest BCUT2D eigenvalue weighted by atomic mass is 35.5. The van der Waals surface area contributed by atoms with E-state index in [1.807, 2.05) is 16.5 Å². The summed E-state index contributed by atoms with van der Waals surface area (Å²) < 4.78 is 0. The van der Waals surface area contributed by atoms with E-state index < -0.39 is 0 Å². The Hall–Kier alpha value is -1.38. The molecular formula is C21H27Cl2N5OS. The van der Waals surface area contributed by atoms with E-state index in [-0.39, 0.29) is 6.03 Å². The molecule has 0 spiro atoms. The summed E-state index contributed by atoms with van der Waals surface area (Å²) in [7, 11) is 0. The van der Waals surface area contributed by atoms with Crippen LogP contribution in [-0.4, -0.2) is 71.5 Å². The van der Waals surface area contributed by atoms with Gasteiger partial charge in [0.05, 0.1) is 16.6 Å². The van der Waals surface area contributed by atoms with E-state index in [0.29, 0.717) is 21.7 Å². The molecule has 2 saturated heterocycles. The maximum atomic E-state index is 12.6. The lowest BCUT2D eigenvalue weighted by atomic mass is 9.97. The van der Waals surface area contributed by atoms with Crippen molar-refractivity contribution in [2.75, 3.05) is 51.1 Å². The van der Waals surface area contributed by atoms with Crippen molar-refractivity contribution in [3.63, 3.8) is 0 Å². The van der Waals surface area contributed by atoms with Gasteiger partial charge in [-0.25, -0.2) is 9.78 Å². The van der Waals surface area contributed by atoms with E-state index in [4.69, 9.17) is 23.2 Å². The standard InChI is InChI=1S/C21H27Cl2N5OS/c22-18-4-3-17(12-19(18)23)25-21(29)28-9-7-26(8-10-28)13-16-2-1-6-27(14-16)15-20-24-5-11-30-20/h3-5,11-12,16H,1-2,6-10,13-15H2,(H,25,29)/t16-/m0/s1. The lowest BCUT2D eigenvalue weighted by molar-refractivity contribution is 0.0984. The summed E-state index contributed by atoms with van der Waals surface area (Å²) in [4.78, 5) is 23.9. The topological polar surface area (TPSA) is 51.7 Å². The fourth-order valence-corrected chi connectivity index (χ4v) is 5.20. The first kappa shape index (κ1) is 21.8. The number of nitrogens with zero attached hydrogens (tertiary/aromatic N) is 4. The summed E-state index contributed by atoms with van der Waals surface area (Å²) in [6, 6.07) is 5.06. The minimum atomic E-state index is -0.0830. The molecule has 0 radical (unpaired) electrons. The average Bonchev–Trinajstić information content (AvgIpc) is 3.24. The van der Waals surface area contributed by atoms with Gasteiger partial charge in [-0.05, 0) is 43.5 Å². The molecule has 2 amide bonds. The highest BCUT2D eigenvalue weighted by molar-refractivity contribution is 7.09. The maximum Gasteiger partial charge on any atom is 0.321 e. The van der Waals surface area contributed by atoms with Crippen LogP contribution in [0, 0.1) is 5.92 Å². The Kier molecular flexibility index (Phi) is 7.49. The monoisotopic (exact) mass is 467 g/mol. The average molecular weight is 468 g/mol. The van der Waals surface area contributed by atoms with Crippen molar-refractivity contribution in [1.29, 1.82) is 0 Å². The molecule has 4 rings (SSSR count). The molecule has 1 atom stereocenters. The van der Waals surface area contributed by atoms with Gasteiger partial charge >= 0.3 is 6.03 Å². The third kappa shape index (κ3) is 5.86. The van der Waals surface area contributed by atoms with Crippen molar-refractivity contribution < 1.29 is 4.79 Å². The minimum Gasteiger partial charge on any atom is -0.322 e. The van der Waals surface area contributed by atoms with Crippen LogP contribution in [0.15, 0.2) is 29.8 Å². The molecule has 0 aliphatic carbocycles. The number of nitrogens with one attached hydrogen (secondary N) is 1. The number of carbonyl (C=O) groups excluding carboxylic acids is 1. The number of hydrogen-bond donors (Lipinski definition) is 1. The number of benzene rings is 1. The van der Waals surface area contributed by atoms with Crippen LogP contribution in [0.2, 0.25) is 10.0 Å². The molecule has 3 heterocycles. The van der Waals surface area contributed by atoms with Gasteiger partial charge in [-0.3, -0.25) is 9.80 Å². The number of piperidine rings is 1. The predicted octanol–water partition coefficient (Wildman–Crippen LogP) is 4.51. The largest absolute Gasteiger partial charge is 0.322 e. The molecular weight excluding hydrogens is 441 g/mol. The molecule has 2 aliphatic rings. The third-order valence-electron chi connectivity index (χ3n) is 5.79. The molecule has 0 bridgehead atoms.